The molecule has 0 spiro atoms. The largest absolute Gasteiger partial charge is 0.417 e. The van der Waals surface area contributed by atoms with Gasteiger partial charge >= 0.3 is 6.18 Å². The second kappa shape index (κ2) is 3.49. The first-order chi connectivity index (χ1) is 7.54. The van der Waals surface area contributed by atoms with Gasteiger partial charge in [0.15, 0.2) is 0 Å². The fraction of sp³-hybridized carbons (Fsp3) is 0.0909. The number of fused-ring (bicyclic) bond motifs is 1. The van der Waals surface area contributed by atoms with Crippen molar-refractivity contribution in [3.05, 3.63) is 41.7 Å². The highest BCUT2D eigenvalue weighted by Gasteiger charge is 2.32. The Bertz CT molecular complexity index is 582. The second-order valence-electron chi connectivity index (χ2n) is 3.17. The zero-order valence-corrected chi connectivity index (χ0v) is 7.92. The Kier molecular flexibility index (Phi) is 2.27. The average molecular weight is 222 g/mol. The molecule has 0 aliphatic carbocycles. The predicted octanol–water partition coefficient (Wildman–Crippen LogP) is 3.13. The van der Waals surface area contributed by atoms with Crippen molar-refractivity contribution in [2.45, 2.75) is 6.18 Å². The van der Waals surface area contributed by atoms with Gasteiger partial charge in [-0.1, -0.05) is 12.1 Å². The molecule has 1 aromatic carbocycles. The molecular formula is C11H5F3N2. The molecule has 0 saturated carbocycles. The highest BCUT2D eigenvalue weighted by atomic mass is 19.4. The van der Waals surface area contributed by atoms with Crippen LogP contribution in [-0.2, 0) is 6.18 Å². The minimum atomic E-state index is -4.42. The van der Waals surface area contributed by atoms with Gasteiger partial charge in [-0.25, -0.2) is 4.98 Å². The monoisotopic (exact) mass is 222 g/mol. The first-order valence-corrected chi connectivity index (χ1v) is 4.39. The normalized spacial score (nSPS) is 11.4. The maximum atomic E-state index is 12.7. The number of nitrogens with zero attached hydrogens (tertiary/aromatic N) is 2. The van der Waals surface area contributed by atoms with Crippen molar-refractivity contribution >= 4 is 10.8 Å². The third kappa shape index (κ3) is 1.58. The van der Waals surface area contributed by atoms with Gasteiger partial charge in [0, 0.05) is 11.6 Å². The van der Waals surface area contributed by atoms with Gasteiger partial charge < -0.3 is 0 Å². The Morgan fingerprint density at radius 3 is 2.50 bits per heavy atom. The van der Waals surface area contributed by atoms with Gasteiger partial charge in [0.25, 0.3) is 0 Å². The molecule has 2 aromatic rings. The molecule has 0 bridgehead atoms. The molecule has 0 unspecified atom stereocenters. The van der Waals surface area contributed by atoms with Crippen molar-refractivity contribution in [1.29, 1.82) is 5.26 Å². The first-order valence-electron chi connectivity index (χ1n) is 4.39. The van der Waals surface area contributed by atoms with Gasteiger partial charge in [-0.15, -0.1) is 0 Å². The number of benzene rings is 1. The predicted molar refractivity (Wildman–Crippen MR) is 51.5 cm³/mol. The number of pyridine rings is 1. The van der Waals surface area contributed by atoms with Crippen LogP contribution in [-0.4, -0.2) is 4.98 Å². The van der Waals surface area contributed by atoms with Gasteiger partial charge in [0.1, 0.15) is 11.8 Å². The van der Waals surface area contributed by atoms with E-state index in [1.54, 1.807) is 6.07 Å². The number of halogens is 3. The van der Waals surface area contributed by atoms with E-state index in [4.69, 9.17) is 5.26 Å². The van der Waals surface area contributed by atoms with Crippen LogP contribution in [0, 0.1) is 11.3 Å². The lowest BCUT2D eigenvalue weighted by Crippen LogP contribution is -2.05. The lowest BCUT2D eigenvalue weighted by molar-refractivity contribution is -0.136. The number of aromatic nitrogens is 1. The molecule has 0 radical (unpaired) electrons. The third-order valence-corrected chi connectivity index (χ3v) is 2.22. The van der Waals surface area contributed by atoms with Crippen molar-refractivity contribution in [3.8, 4) is 6.07 Å². The summed E-state index contributed by atoms with van der Waals surface area (Å²) in [6, 6.07) is 6.75. The molecule has 0 amide bonds. The van der Waals surface area contributed by atoms with E-state index < -0.39 is 11.7 Å². The molecule has 5 heteroatoms. The molecule has 2 nitrogen and oxygen atoms in total. The molecule has 0 saturated heterocycles. The van der Waals surface area contributed by atoms with E-state index >= 15 is 0 Å². The summed E-state index contributed by atoms with van der Waals surface area (Å²) in [6.45, 7) is 0. The molecule has 2 rings (SSSR count). The fourth-order valence-corrected chi connectivity index (χ4v) is 1.54. The van der Waals surface area contributed by atoms with Gasteiger partial charge in [-0.05, 0) is 17.5 Å². The van der Waals surface area contributed by atoms with Crippen molar-refractivity contribution in [2.24, 2.45) is 0 Å². The number of hydrogen-bond donors (Lipinski definition) is 0. The van der Waals surface area contributed by atoms with Crippen LogP contribution in [0.5, 0.6) is 0 Å². The van der Waals surface area contributed by atoms with Crippen molar-refractivity contribution in [2.75, 3.05) is 0 Å². The smallest absolute Gasteiger partial charge is 0.245 e. The van der Waals surface area contributed by atoms with E-state index in [1.165, 1.54) is 24.4 Å². The Hall–Kier alpha value is -2.09. The lowest BCUT2D eigenvalue weighted by atomic mass is 10.0. The summed E-state index contributed by atoms with van der Waals surface area (Å²) >= 11 is 0. The maximum absolute atomic E-state index is 12.7. The number of nitriles is 1. The van der Waals surface area contributed by atoms with Crippen LogP contribution in [0.2, 0.25) is 0 Å². The van der Waals surface area contributed by atoms with Gasteiger partial charge in [-0.3, -0.25) is 0 Å². The third-order valence-electron chi connectivity index (χ3n) is 2.22. The van der Waals surface area contributed by atoms with Crippen LogP contribution in [0.4, 0.5) is 13.2 Å². The minimum absolute atomic E-state index is 0.00144. The van der Waals surface area contributed by atoms with Crippen LogP contribution in [0.1, 0.15) is 11.3 Å². The summed E-state index contributed by atoms with van der Waals surface area (Å²) in [5.41, 5.74) is -0.743. The van der Waals surface area contributed by atoms with Crippen molar-refractivity contribution in [3.63, 3.8) is 0 Å². The first kappa shape index (κ1) is 10.4. The topological polar surface area (TPSA) is 36.7 Å². The van der Waals surface area contributed by atoms with Gasteiger partial charge in [0.2, 0.25) is 0 Å². The number of rotatable bonds is 0. The molecule has 0 aliphatic heterocycles. The Morgan fingerprint density at radius 2 is 1.88 bits per heavy atom. The zero-order chi connectivity index (χ0) is 11.8. The molecule has 80 valence electrons. The molecule has 0 fully saturated rings. The Balaban J connectivity index is 2.86. The molecule has 1 heterocycles. The van der Waals surface area contributed by atoms with E-state index in [0.717, 1.165) is 6.07 Å². The standard InChI is InChI=1S/C11H5F3N2/c12-11(13,14)9-3-1-2-8-7(9)4-5-16-10(8)6-15/h1-5H. The molecule has 0 atom stereocenters. The number of hydrogen-bond acceptors (Lipinski definition) is 2. The van der Waals surface area contributed by atoms with Crippen molar-refractivity contribution < 1.29 is 13.2 Å². The van der Waals surface area contributed by atoms with Crippen molar-refractivity contribution in [1.82, 2.24) is 4.98 Å². The van der Waals surface area contributed by atoms with E-state index in [1.807, 2.05) is 0 Å². The molecular weight excluding hydrogens is 217 g/mol. The second-order valence-corrected chi connectivity index (χ2v) is 3.17. The SMILES string of the molecule is N#Cc1nccc2c(C(F)(F)F)cccc12. The number of alkyl halides is 3. The van der Waals surface area contributed by atoms with Gasteiger partial charge in [-0.2, -0.15) is 18.4 Å². The highest BCUT2D eigenvalue weighted by Crippen LogP contribution is 2.34. The molecule has 1 aromatic heterocycles. The van der Waals surface area contributed by atoms with Crippen LogP contribution >= 0.6 is 0 Å². The zero-order valence-electron chi connectivity index (χ0n) is 7.92. The van der Waals surface area contributed by atoms with Crippen LogP contribution in [0.25, 0.3) is 10.8 Å². The summed E-state index contributed by atoms with van der Waals surface area (Å²) in [5, 5.41) is 8.96. The molecule has 16 heavy (non-hydrogen) atoms. The van der Waals surface area contributed by atoms with Crippen LogP contribution in [0.15, 0.2) is 30.5 Å². The average Bonchev–Trinajstić information content (AvgIpc) is 2.26. The summed E-state index contributed by atoms with van der Waals surface area (Å²) in [5.74, 6) is 0. The van der Waals surface area contributed by atoms with E-state index in [0.29, 0.717) is 0 Å². The van der Waals surface area contributed by atoms with Gasteiger partial charge in [0.05, 0.1) is 5.56 Å². The van der Waals surface area contributed by atoms with Crippen LogP contribution in [0.3, 0.4) is 0 Å². The molecule has 0 aliphatic rings. The fourth-order valence-electron chi connectivity index (χ4n) is 1.54. The summed E-state index contributed by atoms with van der Waals surface area (Å²) in [6.07, 6.45) is -3.22. The molecule has 0 N–H and O–H groups in total. The Labute approximate surface area is 89.0 Å². The van der Waals surface area contributed by atoms with E-state index in [9.17, 15) is 13.2 Å². The quantitative estimate of drug-likeness (QED) is 0.686. The highest BCUT2D eigenvalue weighted by molar-refractivity contribution is 5.89. The summed E-state index contributed by atoms with van der Waals surface area (Å²) in [7, 11) is 0. The lowest BCUT2D eigenvalue weighted by Gasteiger charge is -2.10. The minimum Gasteiger partial charge on any atom is -0.245 e. The summed E-state index contributed by atoms with van der Waals surface area (Å²) < 4.78 is 38.0. The summed E-state index contributed by atoms with van der Waals surface area (Å²) in [4.78, 5) is 3.72. The maximum Gasteiger partial charge on any atom is 0.417 e. The van der Waals surface area contributed by atoms with E-state index in [-0.39, 0.29) is 16.5 Å². The Morgan fingerprint density at radius 1 is 1.12 bits per heavy atom. The van der Waals surface area contributed by atoms with E-state index in [2.05, 4.69) is 4.98 Å². The van der Waals surface area contributed by atoms with Crippen LogP contribution < -0.4 is 0 Å².